The Kier molecular flexibility index (Phi) is 10.6. The van der Waals surface area contributed by atoms with Gasteiger partial charge in [-0.25, -0.2) is 0 Å². The van der Waals surface area contributed by atoms with Gasteiger partial charge in [-0.15, -0.1) is 0 Å². The SMILES string of the molecule is CC.CC.c1ccc(Pc2ccccc2)cc1. The van der Waals surface area contributed by atoms with E-state index in [4.69, 9.17) is 0 Å². The largest absolute Gasteiger partial charge is 0.0683 e. The first-order chi connectivity index (χ1) is 8.45. The maximum Gasteiger partial charge on any atom is -0.0226 e. The van der Waals surface area contributed by atoms with E-state index in [1.807, 2.05) is 27.7 Å². The lowest BCUT2D eigenvalue weighted by Crippen LogP contribution is -2.01. The van der Waals surface area contributed by atoms with Crippen LogP contribution in [-0.4, -0.2) is 0 Å². The van der Waals surface area contributed by atoms with E-state index >= 15 is 0 Å². The molecule has 0 aliphatic heterocycles. The van der Waals surface area contributed by atoms with E-state index in [-0.39, 0.29) is 0 Å². The lowest BCUT2D eigenvalue weighted by molar-refractivity contribution is 1.50. The van der Waals surface area contributed by atoms with E-state index in [2.05, 4.69) is 60.7 Å². The first kappa shape index (κ1) is 15.9. The molecular weight excluding hydrogens is 223 g/mol. The van der Waals surface area contributed by atoms with E-state index in [1.165, 1.54) is 10.6 Å². The van der Waals surface area contributed by atoms with Crippen LogP contribution in [0.2, 0.25) is 0 Å². The third-order valence-electron chi connectivity index (χ3n) is 1.84. The van der Waals surface area contributed by atoms with E-state index in [0.29, 0.717) is 0 Å². The monoisotopic (exact) mass is 246 g/mol. The highest BCUT2D eigenvalue weighted by Gasteiger charge is 1.92. The van der Waals surface area contributed by atoms with Crippen LogP contribution in [-0.2, 0) is 0 Å². The van der Waals surface area contributed by atoms with Gasteiger partial charge in [0, 0.05) is 0 Å². The third-order valence-corrected chi connectivity index (χ3v) is 3.08. The summed E-state index contributed by atoms with van der Waals surface area (Å²) in [5.74, 6) is 0. The van der Waals surface area contributed by atoms with Crippen LogP contribution in [0.5, 0.6) is 0 Å². The van der Waals surface area contributed by atoms with Crippen molar-refractivity contribution in [3.8, 4) is 0 Å². The van der Waals surface area contributed by atoms with Gasteiger partial charge >= 0.3 is 0 Å². The van der Waals surface area contributed by atoms with Crippen LogP contribution in [0.3, 0.4) is 0 Å². The molecule has 0 nitrogen and oxygen atoms in total. The minimum Gasteiger partial charge on any atom is -0.0683 e. The second kappa shape index (κ2) is 11.4. The van der Waals surface area contributed by atoms with Gasteiger partial charge < -0.3 is 0 Å². The van der Waals surface area contributed by atoms with Gasteiger partial charge in [-0.2, -0.15) is 0 Å². The van der Waals surface area contributed by atoms with Crippen molar-refractivity contribution >= 4 is 19.2 Å². The molecule has 0 spiro atoms. The predicted molar refractivity (Wildman–Crippen MR) is 83.2 cm³/mol. The summed E-state index contributed by atoms with van der Waals surface area (Å²) in [5.41, 5.74) is 0. The number of benzene rings is 2. The fraction of sp³-hybridized carbons (Fsp3) is 0.250. The predicted octanol–water partition coefficient (Wildman–Crippen LogP) is 4.37. The molecular formula is C16H23P. The van der Waals surface area contributed by atoms with Crippen molar-refractivity contribution < 1.29 is 0 Å². The summed E-state index contributed by atoms with van der Waals surface area (Å²) in [7, 11) is 0.777. The Bertz CT molecular complexity index is 316. The Hall–Kier alpha value is -1.13. The molecule has 2 aromatic rings. The van der Waals surface area contributed by atoms with Crippen molar-refractivity contribution in [3.05, 3.63) is 60.7 Å². The number of rotatable bonds is 2. The van der Waals surface area contributed by atoms with Crippen LogP contribution in [0.4, 0.5) is 0 Å². The Morgan fingerprint density at radius 2 is 0.824 bits per heavy atom. The van der Waals surface area contributed by atoms with Gasteiger partial charge in [0.05, 0.1) is 0 Å². The van der Waals surface area contributed by atoms with Crippen molar-refractivity contribution in [2.24, 2.45) is 0 Å². The third kappa shape index (κ3) is 6.92. The van der Waals surface area contributed by atoms with Crippen molar-refractivity contribution in [1.82, 2.24) is 0 Å². The van der Waals surface area contributed by atoms with Gasteiger partial charge in [0.2, 0.25) is 0 Å². The van der Waals surface area contributed by atoms with Crippen LogP contribution in [0, 0.1) is 0 Å². The second-order valence-electron chi connectivity index (χ2n) is 2.86. The Morgan fingerprint density at radius 3 is 1.12 bits per heavy atom. The van der Waals surface area contributed by atoms with Crippen molar-refractivity contribution in [2.75, 3.05) is 0 Å². The first-order valence-electron chi connectivity index (χ1n) is 6.32. The fourth-order valence-electron chi connectivity index (χ4n) is 1.21. The van der Waals surface area contributed by atoms with Crippen molar-refractivity contribution in [1.29, 1.82) is 0 Å². The van der Waals surface area contributed by atoms with Crippen LogP contribution in [0.1, 0.15) is 27.7 Å². The molecule has 0 bridgehead atoms. The zero-order valence-corrected chi connectivity index (χ0v) is 12.3. The molecule has 0 fully saturated rings. The Labute approximate surface area is 108 Å². The van der Waals surface area contributed by atoms with Crippen molar-refractivity contribution in [2.45, 2.75) is 27.7 Å². The van der Waals surface area contributed by atoms with E-state index < -0.39 is 0 Å². The normalized spacial score (nSPS) is 8.24. The highest BCUT2D eigenvalue weighted by Crippen LogP contribution is 2.08. The Morgan fingerprint density at radius 1 is 0.529 bits per heavy atom. The molecule has 0 aliphatic carbocycles. The van der Waals surface area contributed by atoms with Gasteiger partial charge in [-0.05, 0) is 10.6 Å². The fourth-order valence-corrected chi connectivity index (χ4v) is 2.26. The van der Waals surface area contributed by atoms with Crippen molar-refractivity contribution in [3.63, 3.8) is 0 Å². The molecule has 2 aromatic carbocycles. The first-order valence-corrected chi connectivity index (χ1v) is 7.32. The number of hydrogen-bond acceptors (Lipinski definition) is 0. The summed E-state index contributed by atoms with van der Waals surface area (Å²) < 4.78 is 0. The average Bonchev–Trinajstić information content (AvgIpc) is 2.45. The topological polar surface area (TPSA) is 0 Å². The summed E-state index contributed by atoms with van der Waals surface area (Å²) >= 11 is 0. The second-order valence-corrected chi connectivity index (χ2v) is 4.26. The van der Waals surface area contributed by atoms with Crippen LogP contribution < -0.4 is 10.6 Å². The number of hydrogen-bond donors (Lipinski definition) is 0. The summed E-state index contributed by atoms with van der Waals surface area (Å²) in [6, 6.07) is 21.2. The van der Waals surface area contributed by atoms with Gasteiger partial charge in [-0.3, -0.25) is 0 Å². The minimum absolute atomic E-state index is 0.777. The highest BCUT2D eigenvalue weighted by molar-refractivity contribution is 7.55. The molecule has 0 saturated heterocycles. The molecule has 17 heavy (non-hydrogen) atoms. The van der Waals surface area contributed by atoms with Gasteiger partial charge in [0.25, 0.3) is 0 Å². The van der Waals surface area contributed by atoms with Crippen LogP contribution in [0.25, 0.3) is 0 Å². The zero-order valence-electron chi connectivity index (χ0n) is 11.3. The molecule has 0 N–H and O–H groups in total. The quantitative estimate of drug-likeness (QED) is 0.690. The van der Waals surface area contributed by atoms with Crippen LogP contribution >= 0.6 is 8.58 Å². The average molecular weight is 246 g/mol. The summed E-state index contributed by atoms with van der Waals surface area (Å²) in [4.78, 5) is 0. The summed E-state index contributed by atoms with van der Waals surface area (Å²) in [5, 5.41) is 2.79. The summed E-state index contributed by atoms with van der Waals surface area (Å²) in [6.07, 6.45) is 0. The lowest BCUT2D eigenvalue weighted by atomic mass is 10.4. The minimum atomic E-state index is 0.777. The molecule has 0 aliphatic rings. The highest BCUT2D eigenvalue weighted by atomic mass is 31.1. The van der Waals surface area contributed by atoms with Gasteiger partial charge in [0.1, 0.15) is 0 Å². The molecule has 2 rings (SSSR count). The molecule has 0 saturated carbocycles. The Balaban J connectivity index is 0.000000581. The maximum atomic E-state index is 2.17. The van der Waals surface area contributed by atoms with E-state index in [9.17, 15) is 0 Å². The molecule has 0 aromatic heterocycles. The smallest absolute Gasteiger partial charge is 0.0226 e. The lowest BCUT2D eigenvalue weighted by Gasteiger charge is -2.00. The van der Waals surface area contributed by atoms with E-state index in [0.717, 1.165) is 8.58 Å². The molecule has 0 amide bonds. The maximum absolute atomic E-state index is 2.17. The standard InChI is InChI=1S/C12H11P.2C2H6/c1-3-7-11(8-4-1)13-12-9-5-2-6-10-12;2*1-2/h1-10,13H;2*1-2H3. The van der Waals surface area contributed by atoms with Crippen LogP contribution in [0.15, 0.2) is 60.7 Å². The van der Waals surface area contributed by atoms with Gasteiger partial charge in [-0.1, -0.05) is 96.9 Å². The molecule has 0 heterocycles. The van der Waals surface area contributed by atoms with E-state index in [1.54, 1.807) is 0 Å². The molecule has 92 valence electrons. The zero-order chi connectivity index (χ0) is 12.9. The molecule has 1 heteroatoms. The molecule has 0 unspecified atom stereocenters. The molecule has 0 atom stereocenters. The summed E-state index contributed by atoms with van der Waals surface area (Å²) in [6.45, 7) is 8.00. The van der Waals surface area contributed by atoms with Gasteiger partial charge in [0.15, 0.2) is 0 Å². The molecule has 0 radical (unpaired) electrons.